The average Bonchev–Trinajstić information content (AvgIpc) is 3.12. The molecule has 1 unspecified atom stereocenters. The van der Waals surface area contributed by atoms with Crippen LogP contribution in [0, 0.1) is 6.92 Å². The van der Waals surface area contributed by atoms with Gasteiger partial charge in [-0.25, -0.2) is 4.68 Å². The van der Waals surface area contributed by atoms with Gasteiger partial charge in [-0.05, 0) is 37.3 Å². The number of hydrogen-bond acceptors (Lipinski definition) is 5. The Morgan fingerprint density at radius 1 is 1.15 bits per heavy atom. The Labute approximate surface area is 155 Å². The zero-order chi connectivity index (χ0) is 17.8. The van der Waals surface area contributed by atoms with E-state index in [-0.39, 0.29) is 6.10 Å². The van der Waals surface area contributed by atoms with E-state index in [4.69, 9.17) is 9.47 Å². The summed E-state index contributed by atoms with van der Waals surface area (Å²) in [5.74, 6) is 0. The van der Waals surface area contributed by atoms with Crippen molar-refractivity contribution in [2.24, 2.45) is 0 Å². The summed E-state index contributed by atoms with van der Waals surface area (Å²) in [6.07, 6.45) is 5.85. The standard InChI is InChI=1S/C20H28N4O2/c1-16-12-17(13-23-7-10-25-11-8-23)5-6-19(16)20-15-24(22-21-20)14-18-4-2-3-9-26-18/h5-6,12,15,18H,2-4,7-11,13-14H2,1H3. The van der Waals surface area contributed by atoms with E-state index in [0.717, 1.165) is 63.7 Å². The van der Waals surface area contributed by atoms with Crippen molar-refractivity contribution >= 4 is 0 Å². The molecule has 1 atom stereocenters. The highest BCUT2D eigenvalue weighted by Gasteiger charge is 2.16. The summed E-state index contributed by atoms with van der Waals surface area (Å²) in [7, 11) is 0. The molecule has 2 saturated heterocycles. The lowest BCUT2D eigenvalue weighted by atomic mass is 10.0. The third-order valence-corrected chi connectivity index (χ3v) is 5.28. The van der Waals surface area contributed by atoms with Gasteiger partial charge in [0, 0.05) is 31.8 Å². The molecule has 4 rings (SSSR count). The summed E-state index contributed by atoms with van der Waals surface area (Å²) >= 11 is 0. The van der Waals surface area contributed by atoms with Gasteiger partial charge in [-0.15, -0.1) is 5.10 Å². The number of ether oxygens (including phenoxy) is 2. The van der Waals surface area contributed by atoms with Crippen molar-refractivity contribution in [1.82, 2.24) is 19.9 Å². The molecule has 2 aliphatic heterocycles. The molecule has 3 heterocycles. The van der Waals surface area contributed by atoms with Crippen molar-refractivity contribution in [2.75, 3.05) is 32.9 Å². The minimum absolute atomic E-state index is 0.273. The monoisotopic (exact) mass is 356 g/mol. The molecule has 0 saturated carbocycles. The maximum Gasteiger partial charge on any atom is 0.113 e. The Morgan fingerprint density at radius 3 is 2.81 bits per heavy atom. The number of morpholine rings is 1. The lowest BCUT2D eigenvalue weighted by Crippen LogP contribution is -2.35. The quantitative estimate of drug-likeness (QED) is 0.824. The normalized spacial score (nSPS) is 21.8. The van der Waals surface area contributed by atoms with E-state index in [1.807, 2.05) is 10.9 Å². The second-order valence-electron chi connectivity index (χ2n) is 7.35. The van der Waals surface area contributed by atoms with E-state index >= 15 is 0 Å². The largest absolute Gasteiger partial charge is 0.379 e. The summed E-state index contributed by atoms with van der Waals surface area (Å²) < 4.78 is 13.2. The van der Waals surface area contributed by atoms with Crippen LogP contribution < -0.4 is 0 Å². The van der Waals surface area contributed by atoms with Crippen LogP contribution in [0.4, 0.5) is 0 Å². The molecule has 2 fully saturated rings. The molecule has 0 radical (unpaired) electrons. The number of benzene rings is 1. The van der Waals surface area contributed by atoms with Crippen LogP contribution in [0.5, 0.6) is 0 Å². The fourth-order valence-corrected chi connectivity index (χ4v) is 3.80. The predicted octanol–water partition coefficient (Wildman–Crippen LogP) is 2.65. The number of nitrogens with zero attached hydrogens (tertiary/aromatic N) is 4. The van der Waals surface area contributed by atoms with E-state index in [1.165, 1.54) is 24.0 Å². The lowest BCUT2D eigenvalue weighted by molar-refractivity contribution is 0.00370. The molecule has 0 spiro atoms. The maximum atomic E-state index is 5.81. The molecule has 6 heteroatoms. The summed E-state index contributed by atoms with van der Waals surface area (Å²) in [6.45, 7) is 8.50. The third-order valence-electron chi connectivity index (χ3n) is 5.28. The van der Waals surface area contributed by atoms with Gasteiger partial charge in [-0.1, -0.05) is 23.4 Å². The molecule has 0 bridgehead atoms. The lowest BCUT2D eigenvalue weighted by Gasteiger charge is -2.26. The zero-order valence-corrected chi connectivity index (χ0v) is 15.6. The number of rotatable bonds is 5. The molecule has 2 aliphatic rings. The summed E-state index contributed by atoms with van der Waals surface area (Å²) in [5, 5.41) is 8.70. The van der Waals surface area contributed by atoms with E-state index in [2.05, 4.69) is 40.3 Å². The second kappa shape index (κ2) is 8.29. The first-order valence-electron chi connectivity index (χ1n) is 9.70. The van der Waals surface area contributed by atoms with Crippen LogP contribution in [0.2, 0.25) is 0 Å². The molecule has 0 aliphatic carbocycles. The zero-order valence-electron chi connectivity index (χ0n) is 15.6. The SMILES string of the molecule is Cc1cc(CN2CCOCC2)ccc1-c1cn(CC2CCCCO2)nn1. The van der Waals surface area contributed by atoms with Crippen LogP contribution in [0.15, 0.2) is 24.4 Å². The molecular formula is C20H28N4O2. The van der Waals surface area contributed by atoms with E-state index < -0.39 is 0 Å². The molecule has 6 nitrogen and oxygen atoms in total. The van der Waals surface area contributed by atoms with Crippen molar-refractivity contribution in [3.8, 4) is 11.3 Å². The predicted molar refractivity (Wildman–Crippen MR) is 99.9 cm³/mol. The molecule has 1 aromatic carbocycles. The second-order valence-corrected chi connectivity index (χ2v) is 7.35. The Kier molecular flexibility index (Phi) is 5.62. The molecule has 0 N–H and O–H groups in total. The Balaban J connectivity index is 1.42. The highest BCUT2D eigenvalue weighted by atomic mass is 16.5. The number of aromatic nitrogens is 3. The first kappa shape index (κ1) is 17.6. The van der Waals surface area contributed by atoms with E-state index in [1.54, 1.807) is 0 Å². The Morgan fingerprint density at radius 2 is 2.04 bits per heavy atom. The van der Waals surface area contributed by atoms with Crippen molar-refractivity contribution in [1.29, 1.82) is 0 Å². The average molecular weight is 356 g/mol. The smallest absolute Gasteiger partial charge is 0.113 e. The van der Waals surface area contributed by atoms with Gasteiger partial charge in [0.1, 0.15) is 5.69 Å². The molecular weight excluding hydrogens is 328 g/mol. The fourth-order valence-electron chi connectivity index (χ4n) is 3.80. The topological polar surface area (TPSA) is 52.4 Å². The van der Waals surface area contributed by atoms with Gasteiger partial charge >= 0.3 is 0 Å². The summed E-state index contributed by atoms with van der Waals surface area (Å²) in [6, 6.07) is 6.66. The van der Waals surface area contributed by atoms with Crippen LogP contribution in [0.3, 0.4) is 0 Å². The molecule has 2 aromatic rings. The van der Waals surface area contributed by atoms with Gasteiger partial charge in [-0.3, -0.25) is 4.90 Å². The minimum atomic E-state index is 0.273. The van der Waals surface area contributed by atoms with Crippen molar-refractivity contribution in [3.05, 3.63) is 35.5 Å². The van der Waals surface area contributed by atoms with E-state index in [0.29, 0.717) is 0 Å². The van der Waals surface area contributed by atoms with Crippen LogP contribution in [-0.4, -0.2) is 58.9 Å². The van der Waals surface area contributed by atoms with Gasteiger partial charge in [0.05, 0.1) is 32.1 Å². The third kappa shape index (κ3) is 4.31. The molecule has 0 amide bonds. The Bertz CT molecular complexity index is 718. The molecule has 26 heavy (non-hydrogen) atoms. The van der Waals surface area contributed by atoms with Gasteiger partial charge in [-0.2, -0.15) is 0 Å². The van der Waals surface area contributed by atoms with Gasteiger partial charge in [0.15, 0.2) is 0 Å². The number of aryl methyl sites for hydroxylation is 1. The minimum Gasteiger partial charge on any atom is -0.379 e. The first-order valence-corrected chi connectivity index (χ1v) is 9.70. The highest BCUT2D eigenvalue weighted by molar-refractivity contribution is 5.62. The van der Waals surface area contributed by atoms with Gasteiger partial charge in [0.2, 0.25) is 0 Å². The molecule has 1 aromatic heterocycles. The fraction of sp³-hybridized carbons (Fsp3) is 0.600. The van der Waals surface area contributed by atoms with Gasteiger partial charge < -0.3 is 9.47 Å². The summed E-state index contributed by atoms with van der Waals surface area (Å²) in [5.41, 5.74) is 4.69. The highest BCUT2D eigenvalue weighted by Crippen LogP contribution is 2.23. The van der Waals surface area contributed by atoms with Crippen LogP contribution in [0.25, 0.3) is 11.3 Å². The van der Waals surface area contributed by atoms with Crippen molar-refractivity contribution in [2.45, 2.75) is 45.4 Å². The molecule has 140 valence electrons. The summed E-state index contributed by atoms with van der Waals surface area (Å²) in [4.78, 5) is 2.44. The van der Waals surface area contributed by atoms with E-state index in [9.17, 15) is 0 Å². The van der Waals surface area contributed by atoms with Crippen molar-refractivity contribution in [3.63, 3.8) is 0 Å². The Hall–Kier alpha value is -1.76. The number of hydrogen-bond donors (Lipinski definition) is 0. The van der Waals surface area contributed by atoms with Crippen LogP contribution in [-0.2, 0) is 22.6 Å². The first-order chi connectivity index (χ1) is 12.8. The van der Waals surface area contributed by atoms with Crippen LogP contribution >= 0.6 is 0 Å². The maximum absolute atomic E-state index is 5.81. The van der Waals surface area contributed by atoms with Crippen LogP contribution in [0.1, 0.15) is 30.4 Å². The van der Waals surface area contributed by atoms with Gasteiger partial charge in [0.25, 0.3) is 0 Å². The van der Waals surface area contributed by atoms with Crippen molar-refractivity contribution < 1.29 is 9.47 Å².